The first-order chi connectivity index (χ1) is 8.11. The van der Waals surface area contributed by atoms with Gasteiger partial charge in [-0.1, -0.05) is 31.2 Å². The van der Waals surface area contributed by atoms with Gasteiger partial charge in [-0.05, 0) is 31.0 Å². The lowest BCUT2D eigenvalue weighted by atomic mass is 9.93. The Morgan fingerprint density at radius 1 is 1.18 bits per heavy atom. The summed E-state index contributed by atoms with van der Waals surface area (Å²) in [6.45, 7) is 5.47. The molecule has 0 unspecified atom stereocenters. The third-order valence-electron chi connectivity index (χ3n) is 3.15. The van der Waals surface area contributed by atoms with Crippen molar-refractivity contribution in [2.24, 2.45) is 5.41 Å². The van der Waals surface area contributed by atoms with Gasteiger partial charge in [0.25, 0.3) is 0 Å². The molecule has 0 aromatic heterocycles. The lowest BCUT2D eigenvalue weighted by Crippen LogP contribution is -2.38. The van der Waals surface area contributed by atoms with Crippen molar-refractivity contribution in [1.82, 2.24) is 5.32 Å². The second-order valence-corrected chi connectivity index (χ2v) is 4.98. The molecule has 0 aliphatic heterocycles. The molecule has 3 N–H and O–H groups in total. The maximum atomic E-state index is 9.15. The molecule has 1 aromatic carbocycles. The Morgan fingerprint density at radius 3 is 2.41 bits per heavy atom. The number of aliphatic hydroxyl groups excluding tert-OH is 2. The van der Waals surface area contributed by atoms with Crippen LogP contribution in [0, 0.1) is 12.3 Å². The molecule has 1 rings (SSSR count). The molecule has 3 nitrogen and oxygen atoms in total. The maximum Gasteiger partial charge on any atom is 0.0518 e. The van der Waals surface area contributed by atoms with Gasteiger partial charge >= 0.3 is 0 Å². The highest BCUT2D eigenvalue weighted by molar-refractivity contribution is 5.25. The van der Waals surface area contributed by atoms with E-state index >= 15 is 0 Å². The highest BCUT2D eigenvalue weighted by atomic mass is 16.3. The van der Waals surface area contributed by atoms with Crippen molar-refractivity contribution >= 4 is 0 Å². The summed E-state index contributed by atoms with van der Waals surface area (Å²) in [5.41, 5.74) is 2.22. The monoisotopic (exact) mass is 237 g/mol. The Morgan fingerprint density at radius 2 is 1.82 bits per heavy atom. The highest BCUT2D eigenvalue weighted by Crippen LogP contribution is 2.12. The zero-order valence-corrected chi connectivity index (χ0v) is 10.7. The largest absolute Gasteiger partial charge is 0.396 e. The summed E-state index contributed by atoms with van der Waals surface area (Å²) >= 11 is 0. The van der Waals surface area contributed by atoms with Crippen LogP contribution in [0.2, 0.25) is 0 Å². The maximum absolute atomic E-state index is 9.15. The molecule has 0 saturated heterocycles. The first kappa shape index (κ1) is 14.2. The number of rotatable bonds is 7. The Hall–Kier alpha value is -0.900. The Kier molecular flexibility index (Phi) is 5.62. The number of benzene rings is 1. The van der Waals surface area contributed by atoms with Crippen molar-refractivity contribution in [3.63, 3.8) is 0 Å². The first-order valence-corrected chi connectivity index (χ1v) is 6.08. The van der Waals surface area contributed by atoms with E-state index in [-0.39, 0.29) is 13.2 Å². The standard InChI is InChI=1S/C14H23NO2/c1-12-5-3-4-6-13(12)7-8-15-9-14(2,10-16)11-17/h3-6,15-17H,7-11H2,1-2H3. The molecule has 0 spiro atoms. The molecule has 0 saturated carbocycles. The van der Waals surface area contributed by atoms with Gasteiger partial charge in [-0.25, -0.2) is 0 Å². The van der Waals surface area contributed by atoms with E-state index in [1.54, 1.807) is 0 Å². The van der Waals surface area contributed by atoms with Crippen LogP contribution in [0.3, 0.4) is 0 Å². The van der Waals surface area contributed by atoms with E-state index < -0.39 is 5.41 Å². The van der Waals surface area contributed by atoms with Crippen LogP contribution in [-0.2, 0) is 6.42 Å². The second kappa shape index (κ2) is 6.74. The van der Waals surface area contributed by atoms with Gasteiger partial charge < -0.3 is 15.5 Å². The van der Waals surface area contributed by atoms with Crippen molar-refractivity contribution in [2.75, 3.05) is 26.3 Å². The minimum atomic E-state index is -0.425. The van der Waals surface area contributed by atoms with Gasteiger partial charge in [0.15, 0.2) is 0 Å². The highest BCUT2D eigenvalue weighted by Gasteiger charge is 2.21. The fourth-order valence-corrected chi connectivity index (χ4v) is 1.67. The van der Waals surface area contributed by atoms with E-state index in [1.165, 1.54) is 11.1 Å². The fraction of sp³-hybridized carbons (Fsp3) is 0.571. The molecule has 96 valence electrons. The van der Waals surface area contributed by atoms with Crippen molar-refractivity contribution < 1.29 is 10.2 Å². The molecule has 17 heavy (non-hydrogen) atoms. The summed E-state index contributed by atoms with van der Waals surface area (Å²) in [5.74, 6) is 0. The van der Waals surface area contributed by atoms with E-state index in [0.717, 1.165) is 13.0 Å². The summed E-state index contributed by atoms with van der Waals surface area (Å²) in [5, 5.41) is 21.6. The van der Waals surface area contributed by atoms with Crippen molar-refractivity contribution in [3.8, 4) is 0 Å². The van der Waals surface area contributed by atoms with Crippen LogP contribution in [0.1, 0.15) is 18.1 Å². The van der Waals surface area contributed by atoms with E-state index in [9.17, 15) is 0 Å². The summed E-state index contributed by atoms with van der Waals surface area (Å²) in [6.07, 6.45) is 0.972. The third-order valence-corrected chi connectivity index (χ3v) is 3.15. The zero-order valence-electron chi connectivity index (χ0n) is 10.7. The van der Waals surface area contributed by atoms with Crippen LogP contribution in [0.25, 0.3) is 0 Å². The molecule has 0 amide bonds. The SMILES string of the molecule is Cc1ccccc1CCNCC(C)(CO)CO. The van der Waals surface area contributed by atoms with Crippen molar-refractivity contribution in [3.05, 3.63) is 35.4 Å². The van der Waals surface area contributed by atoms with E-state index in [1.807, 2.05) is 19.1 Å². The molecule has 0 fully saturated rings. The summed E-state index contributed by atoms with van der Waals surface area (Å²) in [7, 11) is 0. The first-order valence-electron chi connectivity index (χ1n) is 6.08. The number of aryl methyl sites for hydroxylation is 1. The predicted molar refractivity (Wildman–Crippen MR) is 70.0 cm³/mol. The summed E-state index contributed by atoms with van der Waals surface area (Å²) in [6, 6.07) is 8.34. The van der Waals surface area contributed by atoms with Gasteiger partial charge in [0.05, 0.1) is 13.2 Å². The average molecular weight is 237 g/mol. The number of hydrogen-bond acceptors (Lipinski definition) is 3. The minimum absolute atomic E-state index is 0.000858. The van der Waals surface area contributed by atoms with E-state index in [4.69, 9.17) is 10.2 Å². The quantitative estimate of drug-likeness (QED) is 0.623. The Labute approximate surface area is 103 Å². The summed E-state index contributed by atoms with van der Waals surface area (Å²) in [4.78, 5) is 0. The zero-order chi connectivity index (χ0) is 12.7. The van der Waals surface area contributed by atoms with Crippen LogP contribution < -0.4 is 5.32 Å². The van der Waals surface area contributed by atoms with Gasteiger partial charge in [-0.2, -0.15) is 0 Å². The van der Waals surface area contributed by atoms with Crippen LogP contribution in [0.15, 0.2) is 24.3 Å². The van der Waals surface area contributed by atoms with Crippen LogP contribution in [0.5, 0.6) is 0 Å². The molecule has 0 aliphatic rings. The minimum Gasteiger partial charge on any atom is -0.396 e. The third kappa shape index (κ3) is 4.46. The van der Waals surface area contributed by atoms with Crippen molar-refractivity contribution in [1.29, 1.82) is 0 Å². The number of hydrogen-bond donors (Lipinski definition) is 3. The van der Waals surface area contributed by atoms with Crippen LogP contribution in [-0.4, -0.2) is 36.5 Å². The summed E-state index contributed by atoms with van der Waals surface area (Å²) < 4.78 is 0. The van der Waals surface area contributed by atoms with Crippen LogP contribution >= 0.6 is 0 Å². The van der Waals surface area contributed by atoms with Crippen molar-refractivity contribution in [2.45, 2.75) is 20.3 Å². The normalized spacial score (nSPS) is 11.8. The molecule has 0 bridgehead atoms. The molecule has 1 aromatic rings. The average Bonchev–Trinajstić information content (AvgIpc) is 2.36. The molecule has 3 heteroatoms. The van der Waals surface area contributed by atoms with E-state index in [2.05, 4.69) is 24.4 Å². The molecule has 0 heterocycles. The second-order valence-electron chi connectivity index (χ2n) is 4.98. The molecular weight excluding hydrogens is 214 g/mol. The molecular formula is C14H23NO2. The molecule has 0 radical (unpaired) electrons. The lowest BCUT2D eigenvalue weighted by molar-refractivity contribution is 0.0700. The smallest absolute Gasteiger partial charge is 0.0518 e. The molecule has 0 aliphatic carbocycles. The lowest BCUT2D eigenvalue weighted by Gasteiger charge is -2.24. The van der Waals surface area contributed by atoms with E-state index in [0.29, 0.717) is 6.54 Å². The Bertz CT molecular complexity index is 335. The van der Waals surface area contributed by atoms with Gasteiger partial charge in [-0.3, -0.25) is 0 Å². The van der Waals surface area contributed by atoms with Gasteiger partial charge in [0.2, 0.25) is 0 Å². The fourth-order valence-electron chi connectivity index (χ4n) is 1.67. The number of aliphatic hydroxyl groups is 2. The van der Waals surface area contributed by atoms with Gasteiger partial charge in [-0.15, -0.1) is 0 Å². The topological polar surface area (TPSA) is 52.5 Å². The van der Waals surface area contributed by atoms with Gasteiger partial charge in [0.1, 0.15) is 0 Å². The van der Waals surface area contributed by atoms with Crippen LogP contribution in [0.4, 0.5) is 0 Å². The predicted octanol–water partition coefficient (Wildman–Crippen LogP) is 1.12. The Balaban J connectivity index is 2.32. The van der Waals surface area contributed by atoms with Gasteiger partial charge in [0, 0.05) is 12.0 Å². The molecule has 0 atom stereocenters. The number of nitrogens with one attached hydrogen (secondary N) is 1.